The van der Waals surface area contributed by atoms with Gasteiger partial charge in [-0.3, -0.25) is 0 Å². The number of ether oxygens (including phenoxy) is 2. The summed E-state index contributed by atoms with van der Waals surface area (Å²) in [6.45, 7) is 2.09. The number of likely N-dealkylation sites (N-methyl/N-ethyl adjacent to an activating group) is 1. The zero-order valence-electron chi connectivity index (χ0n) is 19.2. The molecule has 1 aliphatic rings. The van der Waals surface area contributed by atoms with Gasteiger partial charge in [-0.15, -0.1) is 0 Å². The number of aromatic nitrogens is 2. The van der Waals surface area contributed by atoms with Crippen LogP contribution in [-0.4, -0.2) is 60.6 Å². The molecule has 1 saturated heterocycles. The van der Waals surface area contributed by atoms with Crippen molar-refractivity contribution < 1.29 is 14.6 Å². The second kappa shape index (κ2) is 11.6. The molecule has 3 N–H and O–H groups in total. The van der Waals surface area contributed by atoms with E-state index < -0.39 is 6.10 Å². The maximum Gasteiger partial charge on any atom is 0.162 e. The van der Waals surface area contributed by atoms with Gasteiger partial charge in [0.1, 0.15) is 24.3 Å². The Morgan fingerprint density at radius 3 is 2.71 bits per heavy atom. The average molecular weight is 460 g/mol. The van der Waals surface area contributed by atoms with Gasteiger partial charge < -0.3 is 25.2 Å². The Morgan fingerprint density at radius 1 is 1.12 bits per heavy atom. The van der Waals surface area contributed by atoms with Gasteiger partial charge in [-0.2, -0.15) is 5.26 Å². The number of hydrogen-bond donors (Lipinski definition) is 3. The van der Waals surface area contributed by atoms with Gasteiger partial charge in [0.2, 0.25) is 0 Å². The number of nitrogens with one attached hydrogen (secondary N) is 2. The van der Waals surface area contributed by atoms with Crippen LogP contribution in [0, 0.1) is 11.3 Å². The van der Waals surface area contributed by atoms with Crippen LogP contribution in [0.3, 0.4) is 0 Å². The van der Waals surface area contributed by atoms with Gasteiger partial charge in [-0.25, -0.2) is 9.97 Å². The molecule has 0 aliphatic carbocycles. The quantitative estimate of drug-likeness (QED) is 0.447. The number of anilines is 1. The van der Waals surface area contributed by atoms with Crippen LogP contribution in [0.1, 0.15) is 18.4 Å². The summed E-state index contributed by atoms with van der Waals surface area (Å²) in [6, 6.07) is 19.3. The number of nitrogens with zero attached hydrogens (tertiary/aromatic N) is 3. The Labute approximate surface area is 199 Å². The summed E-state index contributed by atoms with van der Waals surface area (Å²) in [5, 5.41) is 25.7. The summed E-state index contributed by atoms with van der Waals surface area (Å²) in [5.74, 6) is 1.91. The van der Waals surface area contributed by atoms with Crippen molar-refractivity contribution in [2.24, 2.45) is 0 Å². The summed E-state index contributed by atoms with van der Waals surface area (Å²) >= 11 is 0. The third kappa shape index (κ3) is 6.29. The summed E-state index contributed by atoms with van der Waals surface area (Å²) in [6.07, 6.45) is 1.23. The Balaban J connectivity index is 1.66. The van der Waals surface area contributed by atoms with Crippen LogP contribution < -0.4 is 15.4 Å². The minimum absolute atomic E-state index is 0.183. The van der Waals surface area contributed by atoms with Crippen molar-refractivity contribution in [3.8, 4) is 34.5 Å². The predicted molar refractivity (Wildman–Crippen MR) is 131 cm³/mol. The second-order valence-electron chi connectivity index (χ2n) is 8.24. The largest absolute Gasteiger partial charge is 0.491 e. The molecule has 0 bridgehead atoms. The van der Waals surface area contributed by atoms with Crippen molar-refractivity contribution in [3.63, 3.8) is 0 Å². The zero-order valence-corrected chi connectivity index (χ0v) is 19.2. The molecule has 1 fully saturated rings. The summed E-state index contributed by atoms with van der Waals surface area (Å²) in [4.78, 5) is 9.60. The van der Waals surface area contributed by atoms with Crippen molar-refractivity contribution in [2.45, 2.75) is 25.0 Å². The molecule has 2 aromatic carbocycles. The third-order valence-electron chi connectivity index (χ3n) is 5.56. The number of aliphatic hydroxyl groups excluding tert-OH is 1. The highest BCUT2D eigenvalue weighted by molar-refractivity contribution is 5.69. The summed E-state index contributed by atoms with van der Waals surface area (Å²) in [7, 11) is 1.78. The van der Waals surface area contributed by atoms with Gasteiger partial charge in [0.05, 0.1) is 17.3 Å². The molecular weight excluding hydrogens is 430 g/mol. The summed E-state index contributed by atoms with van der Waals surface area (Å²) in [5.41, 5.74) is 2.95. The first kappa shape index (κ1) is 23.6. The number of aliphatic hydroxyl groups is 1. The van der Waals surface area contributed by atoms with E-state index in [0.29, 0.717) is 23.7 Å². The Morgan fingerprint density at radius 2 is 1.91 bits per heavy atom. The molecule has 2 heterocycles. The Hall–Kier alpha value is -3.51. The van der Waals surface area contributed by atoms with Gasteiger partial charge in [0.25, 0.3) is 0 Å². The van der Waals surface area contributed by atoms with Gasteiger partial charge in [0, 0.05) is 43.0 Å². The Kier molecular flexibility index (Phi) is 8.04. The molecule has 4 rings (SSSR count). The molecule has 0 radical (unpaired) electrons. The highest BCUT2D eigenvalue weighted by atomic mass is 16.5. The van der Waals surface area contributed by atoms with E-state index in [1.54, 1.807) is 13.1 Å². The van der Waals surface area contributed by atoms with E-state index in [9.17, 15) is 10.4 Å². The zero-order chi connectivity index (χ0) is 23.8. The predicted octanol–water partition coefficient (Wildman–Crippen LogP) is 3.23. The molecule has 34 heavy (non-hydrogen) atoms. The van der Waals surface area contributed by atoms with E-state index >= 15 is 0 Å². The molecule has 8 heteroatoms. The first-order valence-electron chi connectivity index (χ1n) is 11.4. The third-order valence-corrected chi connectivity index (χ3v) is 5.56. The number of benzene rings is 2. The van der Waals surface area contributed by atoms with E-state index in [1.807, 2.05) is 48.5 Å². The van der Waals surface area contributed by atoms with E-state index in [-0.39, 0.29) is 12.6 Å². The lowest BCUT2D eigenvalue weighted by atomic mass is 10.1. The van der Waals surface area contributed by atoms with Crippen molar-refractivity contribution in [1.29, 1.82) is 5.26 Å². The first-order chi connectivity index (χ1) is 16.6. The van der Waals surface area contributed by atoms with Crippen LogP contribution in [0.15, 0.2) is 54.6 Å². The normalized spacial score (nSPS) is 14.9. The van der Waals surface area contributed by atoms with Crippen LogP contribution in [0.5, 0.6) is 5.75 Å². The van der Waals surface area contributed by atoms with Crippen molar-refractivity contribution in [2.75, 3.05) is 38.7 Å². The molecule has 0 saturated carbocycles. The van der Waals surface area contributed by atoms with Crippen LogP contribution in [-0.2, 0) is 4.74 Å². The maximum atomic E-state index is 9.94. The molecule has 1 atom stereocenters. The number of nitriles is 1. The second-order valence-corrected chi connectivity index (χ2v) is 8.24. The smallest absolute Gasteiger partial charge is 0.162 e. The standard InChI is InChI=1S/C26H29N5O3/c1-28-16-22(32)17-34-23-7-3-6-20(13-23)26-30-24(19-5-2-4-18(12-19)15-27)14-25(31-26)29-21-8-10-33-11-9-21/h2-7,12-14,21-22,28,32H,8-11,16-17H2,1H3,(H,29,30,31). The minimum atomic E-state index is -0.601. The van der Waals surface area contributed by atoms with Crippen LogP contribution in [0.2, 0.25) is 0 Å². The van der Waals surface area contributed by atoms with Gasteiger partial charge in [-0.1, -0.05) is 24.3 Å². The van der Waals surface area contributed by atoms with Crippen molar-refractivity contribution in [3.05, 3.63) is 60.2 Å². The molecule has 1 unspecified atom stereocenters. The molecule has 0 spiro atoms. The lowest BCUT2D eigenvalue weighted by Crippen LogP contribution is -2.29. The molecule has 1 aliphatic heterocycles. The van der Waals surface area contributed by atoms with Gasteiger partial charge >= 0.3 is 0 Å². The number of rotatable bonds is 9. The minimum Gasteiger partial charge on any atom is -0.491 e. The lowest BCUT2D eigenvalue weighted by Gasteiger charge is -2.24. The van der Waals surface area contributed by atoms with E-state index in [4.69, 9.17) is 19.4 Å². The van der Waals surface area contributed by atoms with Gasteiger partial charge in [0.15, 0.2) is 5.82 Å². The van der Waals surface area contributed by atoms with E-state index in [0.717, 1.165) is 48.7 Å². The van der Waals surface area contributed by atoms with E-state index in [2.05, 4.69) is 16.7 Å². The highest BCUT2D eigenvalue weighted by Gasteiger charge is 2.16. The fraction of sp³-hybridized carbons (Fsp3) is 0.346. The van der Waals surface area contributed by atoms with Crippen molar-refractivity contribution >= 4 is 5.82 Å². The van der Waals surface area contributed by atoms with E-state index in [1.165, 1.54) is 0 Å². The van der Waals surface area contributed by atoms with Crippen LogP contribution in [0.4, 0.5) is 5.82 Å². The maximum absolute atomic E-state index is 9.94. The van der Waals surface area contributed by atoms with Crippen molar-refractivity contribution in [1.82, 2.24) is 15.3 Å². The topological polar surface area (TPSA) is 112 Å². The molecule has 0 amide bonds. The average Bonchev–Trinajstić information content (AvgIpc) is 2.88. The fourth-order valence-electron chi connectivity index (χ4n) is 3.81. The molecule has 8 nitrogen and oxygen atoms in total. The molecule has 1 aromatic heterocycles. The summed E-state index contributed by atoms with van der Waals surface area (Å²) < 4.78 is 11.2. The van der Waals surface area contributed by atoms with Gasteiger partial charge in [-0.05, 0) is 44.2 Å². The monoisotopic (exact) mass is 459 g/mol. The molecular formula is C26H29N5O3. The first-order valence-corrected chi connectivity index (χ1v) is 11.4. The lowest BCUT2D eigenvalue weighted by molar-refractivity contribution is 0.0904. The number of hydrogen-bond acceptors (Lipinski definition) is 8. The van der Waals surface area contributed by atoms with Crippen LogP contribution in [0.25, 0.3) is 22.6 Å². The molecule has 176 valence electrons. The fourth-order valence-corrected chi connectivity index (χ4v) is 3.81. The SMILES string of the molecule is CNCC(O)COc1cccc(-c2nc(NC3CCOCC3)cc(-c3cccc(C#N)c3)n2)c1. The molecule has 3 aromatic rings. The highest BCUT2D eigenvalue weighted by Crippen LogP contribution is 2.28. The Bertz CT molecular complexity index is 1140. The van der Waals surface area contributed by atoms with Crippen LogP contribution >= 0.6 is 0 Å².